The molecule has 0 bridgehead atoms. The minimum absolute atomic E-state index is 0.287. The van der Waals surface area contributed by atoms with Crippen LogP contribution in [0, 0.1) is 0 Å². The monoisotopic (exact) mass is 383 g/mol. The molecule has 120 valence electrons. The van der Waals surface area contributed by atoms with Gasteiger partial charge in [-0.25, -0.2) is 0 Å². The summed E-state index contributed by atoms with van der Waals surface area (Å²) in [7, 11) is 0. The molecule has 1 aliphatic heterocycles. The highest BCUT2D eigenvalue weighted by Gasteiger charge is 2.13. The van der Waals surface area contributed by atoms with E-state index in [0.29, 0.717) is 6.54 Å². The number of hydrogen-bond acceptors (Lipinski definition) is 5. The highest BCUT2D eigenvalue weighted by atomic mass is 79.9. The average Bonchev–Trinajstić information content (AvgIpc) is 3.09. The van der Waals surface area contributed by atoms with Crippen molar-refractivity contribution in [3.8, 4) is 22.8 Å². The molecule has 1 N–H and O–H groups in total. The maximum atomic E-state index is 5.38. The number of rotatable bonds is 4. The summed E-state index contributed by atoms with van der Waals surface area (Å²) in [5.74, 6) is 2.30. The first-order valence-corrected chi connectivity index (χ1v) is 8.29. The van der Waals surface area contributed by atoms with Crippen LogP contribution in [-0.2, 0) is 6.54 Å². The van der Waals surface area contributed by atoms with Crippen LogP contribution in [0.25, 0.3) is 11.3 Å². The van der Waals surface area contributed by atoms with Crippen molar-refractivity contribution in [2.24, 2.45) is 0 Å². The van der Waals surface area contributed by atoms with E-state index in [-0.39, 0.29) is 6.79 Å². The van der Waals surface area contributed by atoms with Crippen molar-refractivity contribution in [2.75, 3.05) is 12.1 Å². The van der Waals surface area contributed by atoms with Gasteiger partial charge in [-0.2, -0.15) is 0 Å². The van der Waals surface area contributed by atoms with Crippen molar-refractivity contribution in [1.82, 2.24) is 10.2 Å². The lowest BCUT2D eigenvalue weighted by atomic mass is 10.1. The largest absolute Gasteiger partial charge is 0.454 e. The van der Waals surface area contributed by atoms with Gasteiger partial charge in [-0.05, 0) is 42.0 Å². The zero-order valence-electron chi connectivity index (χ0n) is 12.7. The van der Waals surface area contributed by atoms with Crippen molar-refractivity contribution in [2.45, 2.75) is 6.54 Å². The summed E-state index contributed by atoms with van der Waals surface area (Å²) in [6.07, 6.45) is 0. The lowest BCUT2D eigenvalue weighted by Crippen LogP contribution is -2.02. The fraction of sp³-hybridized carbons (Fsp3) is 0.111. The molecule has 0 saturated carbocycles. The SMILES string of the molecule is Brc1ccc(-c2ccc(NCc3ccc4c(c3)OCO4)nn2)cc1. The zero-order valence-corrected chi connectivity index (χ0v) is 14.3. The van der Waals surface area contributed by atoms with Crippen LogP contribution in [0.2, 0.25) is 0 Å². The number of nitrogens with one attached hydrogen (secondary N) is 1. The average molecular weight is 384 g/mol. The molecule has 5 nitrogen and oxygen atoms in total. The van der Waals surface area contributed by atoms with Crippen LogP contribution in [0.1, 0.15) is 5.56 Å². The molecule has 0 spiro atoms. The Labute approximate surface area is 147 Å². The zero-order chi connectivity index (χ0) is 16.4. The molecule has 0 fully saturated rings. The van der Waals surface area contributed by atoms with Gasteiger partial charge in [0.1, 0.15) is 5.82 Å². The highest BCUT2D eigenvalue weighted by molar-refractivity contribution is 9.10. The quantitative estimate of drug-likeness (QED) is 0.729. The first kappa shape index (κ1) is 15.0. The summed E-state index contributed by atoms with van der Waals surface area (Å²) >= 11 is 3.43. The van der Waals surface area contributed by atoms with Gasteiger partial charge in [0.05, 0.1) is 5.69 Å². The van der Waals surface area contributed by atoms with E-state index < -0.39 is 0 Å². The normalized spacial score (nSPS) is 12.2. The molecule has 0 radical (unpaired) electrons. The number of ether oxygens (including phenoxy) is 2. The molecule has 1 aromatic heterocycles. The Morgan fingerprint density at radius 2 is 1.75 bits per heavy atom. The Hall–Kier alpha value is -2.60. The number of nitrogens with zero attached hydrogens (tertiary/aromatic N) is 2. The number of benzene rings is 2. The summed E-state index contributed by atoms with van der Waals surface area (Å²) in [6, 6.07) is 17.8. The third-order valence-corrected chi connectivity index (χ3v) is 4.24. The van der Waals surface area contributed by atoms with Gasteiger partial charge in [0, 0.05) is 16.6 Å². The lowest BCUT2D eigenvalue weighted by Gasteiger charge is -2.07. The van der Waals surface area contributed by atoms with Gasteiger partial charge in [-0.15, -0.1) is 10.2 Å². The van der Waals surface area contributed by atoms with Gasteiger partial charge in [0.25, 0.3) is 0 Å². The van der Waals surface area contributed by atoms with Gasteiger partial charge >= 0.3 is 0 Å². The Morgan fingerprint density at radius 3 is 2.54 bits per heavy atom. The van der Waals surface area contributed by atoms with Crippen LogP contribution >= 0.6 is 15.9 Å². The maximum Gasteiger partial charge on any atom is 0.231 e. The van der Waals surface area contributed by atoms with E-state index in [9.17, 15) is 0 Å². The van der Waals surface area contributed by atoms with E-state index in [1.165, 1.54) is 0 Å². The fourth-order valence-corrected chi connectivity index (χ4v) is 2.71. The Bertz CT molecular complexity index is 851. The molecule has 2 aromatic carbocycles. The van der Waals surface area contributed by atoms with Crippen molar-refractivity contribution in [1.29, 1.82) is 0 Å². The first-order chi connectivity index (χ1) is 11.8. The molecule has 0 amide bonds. The van der Waals surface area contributed by atoms with Crippen LogP contribution in [0.15, 0.2) is 59.1 Å². The van der Waals surface area contributed by atoms with E-state index in [2.05, 4.69) is 31.4 Å². The number of halogens is 1. The van der Waals surface area contributed by atoms with E-state index in [1.807, 2.05) is 54.6 Å². The molecular weight excluding hydrogens is 370 g/mol. The molecule has 2 heterocycles. The minimum Gasteiger partial charge on any atom is -0.454 e. The summed E-state index contributed by atoms with van der Waals surface area (Å²) < 4.78 is 11.7. The van der Waals surface area contributed by atoms with E-state index in [1.54, 1.807) is 0 Å². The molecule has 24 heavy (non-hydrogen) atoms. The van der Waals surface area contributed by atoms with Crippen LogP contribution in [-0.4, -0.2) is 17.0 Å². The number of anilines is 1. The Kier molecular flexibility index (Phi) is 4.04. The minimum atomic E-state index is 0.287. The third-order valence-electron chi connectivity index (χ3n) is 3.72. The lowest BCUT2D eigenvalue weighted by molar-refractivity contribution is 0.174. The number of aromatic nitrogens is 2. The summed E-state index contributed by atoms with van der Waals surface area (Å²) in [6.45, 7) is 0.929. The topological polar surface area (TPSA) is 56.3 Å². The molecule has 1 aliphatic rings. The third kappa shape index (κ3) is 3.19. The van der Waals surface area contributed by atoms with E-state index in [0.717, 1.165) is 38.6 Å². The molecule has 3 aromatic rings. The second-order valence-electron chi connectivity index (χ2n) is 5.35. The second-order valence-corrected chi connectivity index (χ2v) is 6.27. The first-order valence-electron chi connectivity index (χ1n) is 7.50. The van der Waals surface area contributed by atoms with Crippen LogP contribution in [0.5, 0.6) is 11.5 Å². The predicted octanol–water partition coefficient (Wildman–Crippen LogP) is 4.25. The number of hydrogen-bond donors (Lipinski definition) is 1. The maximum absolute atomic E-state index is 5.38. The summed E-state index contributed by atoms with van der Waals surface area (Å²) in [4.78, 5) is 0. The standard InChI is InChI=1S/C18H14BrN3O2/c19-14-4-2-13(3-5-14)15-6-8-18(22-21-15)20-10-12-1-7-16-17(9-12)24-11-23-16/h1-9H,10-11H2,(H,20,22). The highest BCUT2D eigenvalue weighted by Crippen LogP contribution is 2.32. The van der Waals surface area contributed by atoms with Crippen LogP contribution in [0.4, 0.5) is 5.82 Å². The molecular formula is C18H14BrN3O2. The van der Waals surface area contributed by atoms with Crippen molar-refractivity contribution < 1.29 is 9.47 Å². The molecule has 4 rings (SSSR count). The molecule has 0 saturated heterocycles. The molecule has 0 atom stereocenters. The van der Waals surface area contributed by atoms with Gasteiger partial charge in [-0.3, -0.25) is 0 Å². The summed E-state index contributed by atoms with van der Waals surface area (Å²) in [5.41, 5.74) is 2.97. The van der Waals surface area contributed by atoms with E-state index >= 15 is 0 Å². The van der Waals surface area contributed by atoms with Gasteiger partial charge < -0.3 is 14.8 Å². The van der Waals surface area contributed by atoms with Gasteiger partial charge in [-0.1, -0.05) is 34.1 Å². The smallest absolute Gasteiger partial charge is 0.231 e. The molecule has 0 aliphatic carbocycles. The van der Waals surface area contributed by atoms with Crippen molar-refractivity contribution in [3.63, 3.8) is 0 Å². The van der Waals surface area contributed by atoms with E-state index in [4.69, 9.17) is 9.47 Å². The summed E-state index contributed by atoms with van der Waals surface area (Å²) in [5, 5.41) is 11.8. The van der Waals surface area contributed by atoms with Crippen LogP contribution in [0.3, 0.4) is 0 Å². The molecule has 6 heteroatoms. The van der Waals surface area contributed by atoms with Gasteiger partial charge in [0.15, 0.2) is 11.5 Å². The Balaban J connectivity index is 1.43. The predicted molar refractivity (Wildman–Crippen MR) is 95.1 cm³/mol. The fourth-order valence-electron chi connectivity index (χ4n) is 2.44. The Morgan fingerprint density at radius 1 is 0.917 bits per heavy atom. The van der Waals surface area contributed by atoms with Crippen molar-refractivity contribution >= 4 is 21.7 Å². The van der Waals surface area contributed by atoms with Gasteiger partial charge in [0.2, 0.25) is 6.79 Å². The molecule has 0 unspecified atom stereocenters. The second kappa shape index (κ2) is 6.49. The van der Waals surface area contributed by atoms with Crippen molar-refractivity contribution in [3.05, 3.63) is 64.6 Å². The van der Waals surface area contributed by atoms with Crippen LogP contribution < -0.4 is 14.8 Å². The number of fused-ring (bicyclic) bond motifs is 1.